The minimum Gasteiger partial charge on any atom is -0.376 e. The fourth-order valence-corrected chi connectivity index (χ4v) is 5.51. The SMILES string of the molecule is Cn1c(SCC(=O)NC[C@H]2CCCO2)nnc1[C@H]1CCS(=O)(=O)C1. The van der Waals surface area contributed by atoms with Crippen molar-refractivity contribution in [2.45, 2.75) is 36.4 Å². The number of sulfone groups is 1. The molecule has 3 rings (SSSR count). The van der Waals surface area contributed by atoms with Gasteiger partial charge in [-0.15, -0.1) is 10.2 Å². The van der Waals surface area contributed by atoms with E-state index in [-0.39, 0.29) is 35.2 Å². The smallest absolute Gasteiger partial charge is 0.230 e. The number of nitrogens with zero attached hydrogens (tertiary/aromatic N) is 3. The molecule has 2 aliphatic heterocycles. The highest BCUT2D eigenvalue weighted by Gasteiger charge is 2.32. The van der Waals surface area contributed by atoms with E-state index in [1.165, 1.54) is 11.8 Å². The summed E-state index contributed by atoms with van der Waals surface area (Å²) in [6.45, 7) is 1.32. The Morgan fingerprint density at radius 1 is 1.42 bits per heavy atom. The molecule has 10 heteroatoms. The van der Waals surface area contributed by atoms with E-state index in [1.54, 1.807) is 4.57 Å². The van der Waals surface area contributed by atoms with Crippen LogP contribution in [-0.4, -0.2) is 65.6 Å². The van der Waals surface area contributed by atoms with Gasteiger partial charge in [0.05, 0.1) is 23.4 Å². The van der Waals surface area contributed by atoms with Gasteiger partial charge in [0.2, 0.25) is 5.91 Å². The van der Waals surface area contributed by atoms with Crippen molar-refractivity contribution in [2.75, 3.05) is 30.4 Å². The van der Waals surface area contributed by atoms with Crippen molar-refractivity contribution < 1.29 is 17.9 Å². The Balaban J connectivity index is 1.50. The predicted molar refractivity (Wildman–Crippen MR) is 89.7 cm³/mol. The van der Waals surface area contributed by atoms with Gasteiger partial charge in [-0.25, -0.2) is 8.42 Å². The Labute approximate surface area is 145 Å². The summed E-state index contributed by atoms with van der Waals surface area (Å²) in [6, 6.07) is 0. The second-order valence-electron chi connectivity index (χ2n) is 6.23. The molecule has 1 aromatic rings. The largest absolute Gasteiger partial charge is 0.376 e. The van der Waals surface area contributed by atoms with Crippen LogP contribution in [0.2, 0.25) is 0 Å². The van der Waals surface area contributed by atoms with Crippen molar-refractivity contribution in [3.8, 4) is 0 Å². The molecule has 1 amide bonds. The van der Waals surface area contributed by atoms with Crippen molar-refractivity contribution in [2.24, 2.45) is 7.05 Å². The van der Waals surface area contributed by atoms with Crippen LogP contribution in [0.4, 0.5) is 0 Å². The van der Waals surface area contributed by atoms with Crippen molar-refractivity contribution in [1.29, 1.82) is 0 Å². The summed E-state index contributed by atoms with van der Waals surface area (Å²) in [7, 11) is -1.14. The van der Waals surface area contributed by atoms with Crippen molar-refractivity contribution in [1.82, 2.24) is 20.1 Å². The maximum Gasteiger partial charge on any atom is 0.230 e. The van der Waals surface area contributed by atoms with Crippen LogP contribution < -0.4 is 5.32 Å². The molecule has 24 heavy (non-hydrogen) atoms. The van der Waals surface area contributed by atoms with Crippen molar-refractivity contribution in [3.63, 3.8) is 0 Å². The minimum absolute atomic E-state index is 0.0662. The third-order valence-corrected chi connectivity index (χ3v) is 7.14. The van der Waals surface area contributed by atoms with Gasteiger partial charge in [0, 0.05) is 26.1 Å². The third-order valence-electron chi connectivity index (χ3n) is 4.35. The number of hydrogen-bond donors (Lipinski definition) is 1. The maximum absolute atomic E-state index is 11.9. The minimum atomic E-state index is -2.96. The number of nitrogens with one attached hydrogen (secondary N) is 1. The average molecular weight is 374 g/mol. The number of amides is 1. The van der Waals surface area contributed by atoms with Gasteiger partial charge in [-0.05, 0) is 19.3 Å². The van der Waals surface area contributed by atoms with Gasteiger partial charge >= 0.3 is 0 Å². The molecule has 0 radical (unpaired) electrons. The fraction of sp³-hybridized carbons (Fsp3) is 0.786. The standard InChI is InChI=1S/C14H22N4O4S2/c1-18-13(10-4-6-24(20,21)9-10)16-17-14(18)23-8-12(19)15-7-11-3-2-5-22-11/h10-11H,2-9H2,1H3,(H,15,19)/t10-,11+/m0/s1. The van der Waals surface area contributed by atoms with Crippen molar-refractivity contribution in [3.05, 3.63) is 5.82 Å². The number of ether oxygens (including phenoxy) is 1. The van der Waals surface area contributed by atoms with Gasteiger partial charge < -0.3 is 14.6 Å². The Kier molecular flexibility index (Phi) is 5.46. The van der Waals surface area contributed by atoms with Gasteiger partial charge in [-0.3, -0.25) is 4.79 Å². The van der Waals surface area contributed by atoms with Gasteiger partial charge in [0.15, 0.2) is 15.0 Å². The predicted octanol–water partition coefficient (Wildman–Crippen LogP) is 0.105. The second kappa shape index (κ2) is 7.40. The summed E-state index contributed by atoms with van der Waals surface area (Å²) in [5, 5.41) is 11.7. The number of aromatic nitrogens is 3. The number of hydrogen-bond acceptors (Lipinski definition) is 7. The highest BCUT2D eigenvalue weighted by molar-refractivity contribution is 7.99. The molecule has 2 saturated heterocycles. The van der Waals surface area contributed by atoms with Crippen LogP contribution in [0.3, 0.4) is 0 Å². The molecule has 8 nitrogen and oxygen atoms in total. The van der Waals surface area contributed by atoms with E-state index in [0.29, 0.717) is 23.9 Å². The van der Waals surface area contributed by atoms with E-state index in [0.717, 1.165) is 19.4 Å². The lowest BCUT2D eigenvalue weighted by Crippen LogP contribution is -2.32. The van der Waals surface area contributed by atoms with Gasteiger partial charge in [0.25, 0.3) is 0 Å². The lowest BCUT2D eigenvalue weighted by molar-refractivity contribution is -0.119. The molecule has 2 aliphatic rings. The molecule has 0 aliphatic carbocycles. The topological polar surface area (TPSA) is 103 Å². The van der Waals surface area contributed by atoms with Crippen LogP contribution in [0, 0.1) is 0 Å². The molecule has 2 fully saturated rings. The Morgan fingerprint density at radius 2 is 2.25 bits per heavy atom. The zero-order valence-corrected chi connectivity index (χ0v) is 15.2. The summed E-state index contributed by atoms with van der Waals surface area (Å²) >= 11 is 1.30. The van der Waals surface area contributed by atoms with Crippen molar-refractivity contribution >= 4 is 27.5 Å². The van der Waals surface area contributed by atoms with E-state index in [1.807, 2.05) is 7.05 Å². The number of thioether (sulfide) groups is 1. The van der Waals surface area contributed by atoms with Gasteiger partial charge in [0.1, 0.15) is 5.82 Å². The summed E-state index contributed by atoms with van der Waals surface area (Å²) in [6.07, 6.45) is 2.75. The highest BCUT2D eigenvalue weighted by Crippen LogP contribution is 2.29. The van der Waals surface area contributed by atoms with Crippen LogP contribution in [0.1, 0.15) is 31.0 Å². The van der Waals surface area contributed by atoms with E-state index in [4.69, 9.17) is 4.74 Å². The Morgan fingerprint density at radius 3 is 2.92 bits per heavy atom. The molecular formula is C14H22N4O4S2. The summed E-state index contributed by atoms with van der Waals surface area (Å²) in [4.78, 5) is 11.9. The van der Waals surface area contributed by atoms with E-state index < -0.39 is 9.84 Å². The van der Waals surface area contributed by atoms with Crippen LogP contribution >= 0.6 is 11.8 Å². The Bertz CT molecular complexity index is 698. The van der Waals surface area contributed by atoms with Crippen LogP contribution in [0.5, 0.6) is 0 Å². The van der Waals surface area contributed by atoms with E-state index in [2.05, 4.69) is 15.5 Å². The van der Waals surface area contributed by atoms with Crippen LogP contribution in [0.25, 0.3) is 0 Å². The summed E-state index contributed by atoms with van der Waals surface area (Å²) in [5.74, 6) is 1.10. The zero-order valence-electron chi connectivity index (χ0n) is 13.6. The molecule has 0 unspecified atom stereocenters. The molecule has 134 valence electrons. The van der Waals surface area contributed by atoms with Gasteiger partial charge in [-0.2, -0.15) is 0 Å². The number of rotatable bonds is 6. The first-order valence-electron chi connectivity index (χ1n) is 8.05. The monoisotopic (exact) mass is 374 g/mol. The first-order chi connectivity index (χ1) is 11.4. The number of carbonyl (C=O) groups is 1. The molecule has 1 N–H and O–H groups in total. The van der Waals surface area contributed by atoms with Crippen LogP contribution in [0.15, 0.2) is 5.16 Å². The first-order valence-corrected chi connectivity index (χ1v) is 10.9. The van der Waals surface area contributed by atoms with Crippen LogP contribution in [-0.2, 0) is 26.4 Å². The fourth-order valence-electron chi connectivity index (χ4n) is 3.02. The average Bonchev–Trinajstić information content (AvgIpc) is 3.24. The molecule has 1 aromatic heterocycles. The quantitative estimate of drug-likeness (QED) is 0.705. The maximum atomic E-state index is 11.9. The highest BCUT2D eigenvalue weighted by atomic mass is 32.2. The number of carbonyl (C=O) groups excluding carboxylic acids is 1. The van der Waals surface area contributed by atoms with E-state index >= 15 is 0 Å². The third kappa shape index (κ3) is 4.28. The van der Waals surface area contributed by atoms with Gasteiger partial charge in [-0.1, -0.05) is 11.8 Å². The molecule has 0 saturated carbocycles. The molecular weight excluding hydrogens is 352 g/mol. The lowest BCUT2D eigenvalue weighted by atomic mass is 10.1. The molecule has 0 spiro atoms. The summed E-state index contributed by atoms with van der Waals surface area (Å²) < 4.78 is 30.5. The molecule has 2 atom stereocenters. The van der Waals surface area contributed by atoms with E-state index in [9.17, 15) is 13.2 Å². The molecule has 3 heterocycles. The molecule has 0 aromatic carbocycles. The Hall–Kier alpha value is -1.13. The lowest BCUT2D eigenvalue weighted by Gasteiger charge is -2.10. The normalized spacial score (nSPS) is 25.9. The summed E-state index contributed by atoms with van der Waals surface area (Å²) in [5.41, 5.74) is 0. The molecule has 0 bridgehead atoms. The first kappa shape index (κ1) is 17.7. The zero-order chi connectivity index (χ0) is 17.2. The second-order valence-corrected chi connectivity index (χ2v) is 9.40.